The molecule has 4 rings (SSSR count). The van der Waals surface area contributed by atoms with Crippen molar-refractivity contribution in [3.63, 3.8) is 0 Å². The number of aromatic nitrogens is 3. The fourth-order valence-electron chi connectivity index (χ4n) is 4.20. The zero-order valence-corrected chi connectivity index (χ0v) is 22.0. The molecule has 0 aliphatic rings. The molecule has 0 aliphatic carbocycles. The van der Waals surface area contributed by atoms with E-state index in [0.717, 1.165) is 5.56 Å². The van der Waals surface area contributed by atoms with Gasteiger partial charge in [0, 0.05) is 30.6 Å². The molecule has 11 heteroatoms. The van der Waals surface area contributed by atoms with E-state index in [4.69, 9.17) is 14.2 Å². The van der Waals surface area contributed by atoms with Gasteiger partial charge in [0.2, 0.25) is 11.6 Å². The molecule has 3 aromatic heterocycles. The normalized spacial score (nSPS) is 11.5. The van der Waals surface area contributed by atoms with E-state index < -0.39 is 10.0 Å². The predicted molar refractivity (Wildman–Crippen MR) is 140 cm³/mol. The van der Waals surface area contributed by atoms with Crippen LogP contribution in [0.4, 0.5) is 5.69 Å². The SMILES string of the molecule is COCCOc1cnc2ccc(-c3cnc(OC)c(NS(=O)(=O)c4c(C)cc(C)cc4C)c3)cn2c1=O. The van der Waals surface area contributed by atoms with Gasteiger partial charge in [0.15, 0.2) is 0 Å². The third kappa shape index (κ3) is 5.42. The number of rotatable bonds is 9. The summed E-state index contributed by atoms with van der Waals surface area (Å²) in [5.41, 5.74) is 3.65. The molecule has 0 saturated carbocycles. The van der Waals surface area contributed by atoms with Crippen LogP contribution >= 0.6 is 0 Å². The maximum Gasteiger partial charge on any atom is 0.300 e. The number of hydrogen-bond acceptors (Lipinski definition) is 8. The maximum atomic E-state index is 13.4. The Morgan fingerprint density at radius 3 is 2.35 bits per heavy atom. The largest absolute Gasteiger partial charge is 0.484 e. The van der Waals surface area contributed by atoms with Crippen LogP contribution in [0.5, 0.6) is 11.6 Å². The number of sulfonamides is 1. The summed E-state index contributed by atoms with van der Waals surface area (Å²) < 4.78 is 46.5. The van der Waals surface area contributed by atoms with Crippen LogP contribution in [0.1, 0.15) is 16.7 Å². The molecule has 0 aliphatic heterocycles. The highest BCUT2D eigenvalue weighted by atomic mass is 32.2. The fourth-order valence-corrected chi connectivity index (χ4v) is 5.70. The number of methoxy groups -OCH3 is 2. The third-order valence-electron chi connectivity index (χ3n) is 5.71. The number of anilines is 1. The Balaban J connectivity index is 1.74. The Morgan fingerprint density at radius 1 is 0.946 bits per heavy atom. The molecule has 0 fully saturated rings. The first-order valence-electron chi connectivity index (χ1n) is 11.4. The minimum atomic E-state index is -3.94. The Bertz CT molecular complexity index is 1610. The van der Waals surface area contributed by atoms with Crippen molar-refractivity contribution in [1.29, 1.82) is 0 Å². The lowest BCUT2D eigenvalue weighted by Gasteiger charge is -2.16. The highest BCUT2D eigenvalue weighted by Crippen LogP contribution is 2.31. The molecule has 0 saturated heterocycles. The van der Waals surface area contributed by atoms with Gasteiger partial charge < -0.3 is 14.2 Å². The molecule has 3 heterocycles. The number of pyridine rings is 2. The molecule has 10 nitrogen and oxygen atoms in total. The average Bonchev–Trinajstić information content (AvgIpc) is 2.84. The highest BCUT2D eigenvalue weighted by Gasteiger charge is 2.22. The number of nitrogens with one attached hydrogen (secondary N) is 1. The molecular weight excluding hydrogens is 496 g/mol. The van der Waals surface area contributed by atoms with Crippen molar-refractivity contribution in [2.45, 2.75) is 25.7 Å². The van der Waals surface area contributed by atoms with Gasteiger partial charge in [-0.1, -0.05) is 17.7 Å². The molecule has 0 atom stereocenters. The Hall–Kier alpha value is -3.96. The highest BCUT2D eigenvalue weighted by molar-refractivity contribution is 7.92. The minimum absolute atomic E-state index is 0.0943. The van der Waals surface area contributed by atoms with Crippen molar-refractivity contribution < 1.29 is 22.6 Å². The number of ether oxygens (including phenoxy) is 3. The zero-order valence-electron chi connectivity index (χ0n) is 21.2. The van der Waals surface area contributed by atoms with Crippen LogP contribution in [0, 0.1) is 20.8 Å². The molecule has 194 valence electrons. The topological polar surface area (TPSA) is 121 Å². The van der Waals surface area contributed by atoms with Crippen LogP contribution in [0.3, 0.4) is 0 Å². The third-order valence-corrected chi connectivity index (χ3v) is 7.38. The molecule has 37 heavy (non-hydrogen) atoms. The number of benzene rings is 1. The summed E-state index contributed by atoms with van der Waals surface area (Å²) in [5.74, 6) is 0.208. The Morgan fingerprint density at radius 2 is 1.68 bits per heavy atom. The molecule has 1 N–H and O–H groups in total. The van der Waals surface area contributed by atoms with E-state index in [-0.39, 0.29) is 34.4 Å². The summed E-state index contributed by atoms with van der Waals surface area (Å²) in [5, 5.41) is 0. The quantitative estimate of drug-likeness (QED) is 0.330. The molecule has 0 amide bonds. The number of nitrogens with zero attached hydrogens (tertiary/aromatic N) is 3. The van der Waals surface area contributed by atoms with Crippen molar-refractivity contribution in [2.75, 3.05) is 32.2 Å². The second kappa shape index (κ2) is 10.6. The second-order valence-corrected chi connectivity index (χ2v) is 10.1. The first-order valence-corrected chi connectivity index (χ1v) is 12.9. The summed E-state index contributed by atoms with van der Waals surface area (Å²) in [6, 6.07) is 8.70. The van der Waals surface area contributed by atoms with Gasteiger partial charge in [0.1, 0.15) is 17.9 Å². The first kappa shape index (κ1) is 26.1. The van der Waals surface area contributed by atoms with E-state index >= 15 is 0 Å². The Labute approximate surface area is 214 Å². The van der Waals surface area contributed by atoms with Gasteiger partial charge in [-0.2, -0.15) is 0 Å². The van der Waals surface area contributed by atoms with E-state index in [1.54, 1.807) is 45.4 Å². The second-order valence-electron chi connectivity index (χ2n) is 8.53. The molecule has 0 radical (unpaired) electrons. The van der Waals surface area contributed by atoms with E-state index in [1.165, 1.54) is 23.9 Å². The van der Waals surface area contributed by atoms with E-state index in [0.29, 0.717) is 34.5 Å². The van der Waals surface area contributed by atoms with Crippen LogP contribution in [0.25, 0.3) is 16.8 Å². The molecular formula is C26H28N4O6S. The Kier molecular flexibility index (Phi) is 7.46. The van der Waals surface area contributed by atoms with Crippen molar-refractivity contribution in [2.24, 2.45) is 0 Å². The van der Waals surface area contributed by atoms with Gasteiger partial charge in [-0.05, 0) is 50.1 Å². The van der Waals surface area contributed by atoms with Crippen LogP contribution in [-0.2, 0) is 14.8 Å². The van der Waals surface area contributed by atoms with Gasteiger partial charge in [-0.15, -0.1) is 0 Å². The van der Waals surface area contributed by atoms with Crippen molar-refractivity contribution in [1.82, 2.24) is 14.4 Å². The number of hydrogen-bond donors (Lipinski definition) is 1. The first-order chi connectivity index (χ1) is 17.6. The lowest BCUT2D eigenvalue weighted by atomic mass is 10.1. The van der Waals surface area contributed by atoms with E-state index in [1.807, 2.05) is 19.1 Å². The lowest BCUT2D eigenvalue weighted by molar-refractivity contribution is 0.145. The van der Waals surface area contributed by atoms with Crippen molar-refractivity contribution in [3.05, 3.63) is 76.0 Å². The molecule has 1 aromatic carbocycles. The number of aryl methyl sites for hydroxylation is 3. The predicted octanol–water partition coefficient (Wildman–Crippen LogP) is 3.52. The zero-order chi connectivity index (χ0) is 26.7. The molecule has 0 unspecified atom stereocenters. The van der Waals surface area contributed by atoms with Crippen LogP contribution < -0.4 is 19.8 Å². The molecule has 0 bridgehead atoms. The smallest absolute Gasteiger partial charge is 0.300 e. The summed E-state index contributed by atoms with van der Waals surface area (Å²) in [4.78, 5) is 21.7. The average molecular weight is 525 g/mol. The van der Waals surface area contributed by atoms with Gasteiger partial charge in [0.25, 0.3) is 15.6 Å². The number of fused-ring (bicyclic) bond motifs is 1. The molecule has 0 spiro atoms. The summed E-state index contributed by atoms with van der Waals surface area (Å²) in [6.45, 7) is 5.98. The van der Waals surface area contributed by atoms with Crippen LogP contribution in [0.15, 0.2) is 58.6 Å². The lowest BCUT2D eigenvalue weighted by Crippen LogP contribution is -2.19. The van der Waals surface area contributed by atoms with Crippen molar-refractivity contribution in [3.8, 4) is 22.8 Å². The fraction of sp³-hybridized carbons (Fsp3) is 0.269. The van der Waals surface area contributed by atoms with E-state index in [2.05, 4.69) is 14.7 Å². The van der Waals surface area contributed by atoms with Gasteiger partial charge >= 0.3 is 0 Å². The summed E-state index contributed by atoms with van der Waals surface area (Å²) in [7, 11) is -0.989. The van der Waals surface area contributed by atoms with E-state index in [9.17, 15) is 13.2 Å². The maximum absolute atomic E-state index is 13.4. The minimum Gasteiger partial charge on any atom is -0.484 e. The summed E-state index contributed by atoms with van der Waals surface area (Å²) >= 11 is 0. The molecule has 4 aromatic rings. The van der Waals surface area contributed by atoms with Crippen molar-refractivity contribution >= 4 is 21.4 Å². The van der Waals surface area contributed by atoms with Crippen LogP contribution in [-0.4, -0.2) is 50.2 Å². The summed E-state index contributed by atoms with van der Waals surface area (Å²) in [6.07, 6.45) is 4.52. The van der Waals surface area contributed by atoms with Gasteiger partial charge in [0.05, 0.1) is 24.8 Å². The monoisotopic (exact) mass is 524 g/mol. The van der Waals surface area contributed by atoms with Crippen LogP contribution in [0.2, 0.25) is 0 Å². The van der Waals surface area contributed by atoms with Gasteiger partial charge in [-0.25, -0.2) is 18.4 Å². The standard InChI is InChI=1S/C26H28N4O6S/c1-16-10-17(2)24(18(3)11-16)37(32,33)29-21-12-20(13-28-25(21)35-5)19-6-7-23-27-14-22(36-9-8-34-4)26(31)30(23)15-19/h6-7,10-15,29H,8-9H2,1-5H3. The van der Waals surface area contributed by atoms with Gasteiger partial charge in [-0.3, -0.25) is 13.9 Å².